The van der Waals surface area contributed by atoms with Crippen LogP contribution in [0.15, 0.2) is 55.0 Å². The Morgan fingerprint density at radius 3 is 2.67 bits per heavy atom. The zero-order valence-corrected chi connectivity index (χ0v) is 22.5. The minimum Gasteiger partial charge on any atom is -0.370 e. The van der Waals surface area contributed by atoms with Gasteiger partial charge < -0.3 is 10.2 Å². The maximum Gasteiger partial charge on any atom is 0.276 e. The molecule has 3 aromatic heterocycles. The summed E-state index contributed by atoms with van der Waals surface area (Å²) >= 11 is 0. The molecular formula is C31H34F2N6O. The van der Waals surface area contributed by atoms with Crippen molar-refractivity contribution in [2.45, 2.75) is 63.7 Å². The molecule has 2 fully saturated rings. The van der Waals surface area contributed by atoms with E-state index in [1.165, 1.54) is 19.3 Å². The Morgan fingerprint density at radius 2 is 1.85 bits per heavy atom. The molecule has 0 radical (unpaired) electrons. The number of fused-ring (bicyclic) bond motifs is 1. The molecule has 4 aromatic rings. The van der Waals surface area contributed by atoms with Gasteiger partial charge in [-0.25, -0.2) is 8.78 Å². The van der Waals surface area contributed by atoms with Crippen LogP contribution in [0.1, 0.15) is 67.5 Å². The molecule has 1 aliphatic carbocycles. The molecule has 208 valence electrons. The Hall–Kier alpha value is -3.88. The molecule has 1 amide bonds. The third-order valence-corrected chi connectivity index (χ3v) is 8.21. The number of hydrogen-bond acceptors (Lipinski definition) is 5. The fraction of sp³-hybridized carbons (Fsp3) is 0.419. The first-order valence-electron chi connectivity index (χ1n) is 14.3. The summed E-state index contributed by atoms with van der Waals surface area (Å²) < 4.78 is 27.4. The third-order valence-electron chi connectivity index (χ3n) is 8.21. The first-order chi connectivity index (χ1) is 19.4. The highest BCUT2D eigenvalue weighted by molar-refractivity contribution is 6.11. The number of amides is 1. The van der Waals surface area contributed by atoms with Gasteiger partial charge in [-0.15, -0.1) is 0 Å². The lowest BCUT2D eigenvalue weighted by Gasteiger charge is -2.28. The number of piperidine rings is 1. The van der Waals surface area contributed by atoms with Crippen molar-refractivity contribution in [1.29, 1.82) is 0 Å². The van der Waals surface area contributed by atoms with Gasteiger partial charge in [-0.1, -0.05) is 6.07 Å². The molecule has 1 unspecified atom stereocenters. The highest BCUT2D eigenvalue weighted by Gasteiger charge is 2.32. The van der Waals surface area contributed by atoms with Gasteiger partial charge in [0.2, 0.25) is 5.92 Å². The molecular weight excluding hydrogens is 510 g/mol. The molecule has 1 saturated carbocycles. The first-order valence-corrected chi connectivity index (χ1v) is 14.3. The van der Waals surface area contributed by atoms with Crippen LogP contribution in [0.25, 0.3) is 22.0 Å². The second-order valence-corrected chi connectivity index (χ2v) is 11.2. The van der Waals surface area contributed by atoms with Crippen LogP contribution in [0, 0.1) is 5.92 Å². The van der Waals surface area contributed by atoms with E-state index >= 15 is 0 Å². The smallest absolute Gasteiger partial charge is 0.276 e. The highest BCUT2D eigenvalue weighted by Crippen LogP contribution is 2.35. The summed E-state index contributed by atoms with van der Waals surface area (Å²) in [6.45, 7) is 2.09. The van der Waals surface area contributed by atoms with Gasteiger partial charge in [-0.3, -0.25) is 19.9 Å². The first kappa shape index (κ1) is 26.3. The van der Waals surface area contributed by atoms with Crippen LogP contribution in [-0.4, -0.2) is 45.1 Å². The molecule has 1 aromatic carbocycles. The number of hydrogen-bond donors (Lipinski definition) is 2. The van der Waals surface area contributed by atoms with Crippen LogP contribution < -0.4 is 10.2 Å². The number of carbonyl (C=O) groups is 1. The van der Waals surface area contributed by atoms with E-state index in [-0.39, 0.29) is 24.7 Å². The number of H-pyrrole nitrogens is 1. The van der Waals surface area contributed by atoms with Crippen LogP contribution in [0.2, 0.25) is 0 Å². The maximum atomic E-state index is 13.7. The summed E-state index contributed by atoms with van der Waals surface area (Å²) in [5.41, 5.74) is 5.58. The average Bonchev–Trinajstić information content (AvgIpc) is 3.33. The Kier molecular flexibility index (Phi) is 7.45. The number of nitrogens with zero attached hydrogens (tertiary/aromatic N) is 4. The number of rotatable bonds is 6. The lowest BCUT2D eigenvalue weighted by molar-refractivity contribution is -0.0148. The Balaban J connectivity index is 1.15. The quantitative estimate of drug-likeness (QED) is 0.255. The number of alkyl halides is 2. The number of halogens is 2. The van der Waals surface area contributed by atoms with Gasteiger partial charge in [0.15, 0.2) is 5.69 Å². The zero-order chi connectivity index (χ0) is 27.5. The lowest BCUT2D eigenvalue weighted by atomic mass is 9.94. The number of aromatic nitrogens is 4. The minimum atomic E-state index is -2.54. The maximum absolute atomic E-state index is 13.7. The van der Waals surface area contributed by atoms with Gasteiger partial charge in [0.05, 0.1) is 29.3 Å². The summed E-state index contributed by atoms with van der Waals surface area (Å²) in [5.74, 6) is -2.66. The van der Waals surface area contributed by atoms with Crippen LogP contribution in [0.5, 0.6) is 0 Å². The van der Waals surface area contributed by atoms with E-state index in [1.54, 1.807) is 6.20 Å². The molecule has 4 heterocycles. The Labute approximate surface area is 232 Å². The largest absolute Gasteiger partial charge is 0.370 e. The van der Waals surface area contributed by atoms with Crippen LogP contribution in [0.4, 0.5) is 20.2 Å². The second-order valence-electron chi connectivity index (χ2n) is 11.2. The van der Waals surface area contributed by atoms with Crippen molar-refractivity contribution in [2.75, 3.05) is 23.3 Å². The standard InChI is InChI=1S/C31H34F2N6O/c32-31(33)11-4-5-21(10-12-31)15-24-7-8-25(19-35-24)36-30(40)29-27-17-22(6-9-28(27)37-38-29)23-16-26(20-34-18-23)39-13-2-1-3-14-39/h6-9,16-21H,1-5,10-15H2,(H,36,40)(H,37,38). The molecule has 0 spiro atoms. The van der Waals surface area contributed by atoms with Crippen LogP contribution >= 0.6 is 0 Å². The number of anilines is 2. The van der Waals surface area contributed by atoms with Crippen molar-refractivity contribution < 1.29 is 13.6 Å². The van der Waals surface area contributed by atoms with E-state index in [4.69, 9.17) is 0 Å². The number of nitrogens with one attached hydrogen (secondary N) is 2. The molecule has 1 saturated heterocycles. The molecule has 2 N–H and O–H groups in total. The molecule has 0 bridgehead atoms. The molecule has 1 aliphatic heterocycles. The number of benzene rings is 1. The highest BCUT2D eigenvalue weighted by atomic mass is 19.3. The normalized spacial score (nSPS) is 19.4. The van der Waals surface area contributed by atoms with Gasteiger partial charge in [0, 0.05) is 48.8 Å². The predicted octanol–water partition coefficient (Wildman–Crippen LogP) is 7.02. The van der Waals surface area contributed by atoms with Gasteiger partial charge in [-0.05, 0) is 86.8 Å². The molecule has 1 atom stereocenters. The van der Waals surface area contributed by atoms with E-state index < -0.39 is 5.92 Å². The summed E-state index contributed by atoms with van der Waals surface area (Å²) in [5, 5.41) is 10.9. The van der Waals surface area contributed by atoms with Crippen molar-refractivity contribution in [3.63, 3.8) is 0 Å². The SMILES string of the molecule is O=C(Nc1ccc(CC2CCCC(F)(F)CC2)nc1)c1n[nH]c2ccc(-c3cncc(N4CCCCC4)c3)cc12. The van der Waals surface area contributed by atoms with Crippen molar-refractivity contribution in [2.24, 2.45) is 5.92 Å². The van der Waals surface area contributed by atoms with Crippen LogP contribution in [0.3, 0.4) is 0 Å². The van der Waals surface area contributed by atoms with Crippen molar-refractivity contribution in [1.82, 2.24) is 20.2 Å². The minimum absolute atomic E-state index is 0.0207. The summed E-state index contributed by atoms with van der Waals surface area (Å²) in [6, 6.07) is 11.7. The summed E-state index contributed by atoms with van der Waals surface area (Å²) in [6.07, 6.45) is 11.5. The van der Waals surface area contributed by atoms with E-state index in [9.17, 15) is 13.6 Å². The van der Waals surface area contributed by atoms with Gasteiger partial charge in [0.25, 0.3) is 5.91 Å². The molecule has 2 aliphatic rings. The van der Waals surface area contributed by atoms with Gasteiger partial charge in [0.1, 0.15) is 0 Å². The second kappa shape index (κ2) is 11.3. The lowest BCUT2D eigenvalue weighted by Crippen LogP contribution is -2.29. The van der Waals surface area contributed by atoms with E-state index in [0.717, 1.165) is 52.9 Å². The molecule has 9 heteroatoms. The zero-order valence-electron chi connectivity index (χ0n) is 22.5. The van der Waals surface area contributed by atoms with Crippen LogP contribution in [-0.2, 0) is 6.42 Å². The average molecular weight is 545 g/mol. The van der Waals surface area contributed by atoms with Gasteiger partial charge in [-0.2, -0.15) is 5.10 Å². The predicted molar refractivity (Wildman–Crippen MR) is 153 cm³/mol. The molecule has 40 heavy (non-hydrogen) atoms. The van der Waals surface area contributed by atoms with E-state index in [1.807, 2.05) is 42.7 Å². The summed E-state index contributed by atoms with van der Waals surface area (Å²) in [4.78, 5) is 24.5. The number of pyridine rings is 2. The van der Waals surface area contributed by atoms with Crippen molar-refractivity contribution in [3.8, 4) is 11.1 Å². The number of carbonyl (C=O) groups excluding carboxylic acids is 1. The van der Waals surface area contributed by atoms with E-state index in [2.05, 4.69) is 36.4 Å². The number of aromatic amines is 1. The summed E-state index contributed by atoms with van der Waals surface area (Å²) in [7, 11) is 0. The van der Waals surface area contributed by atoms with Gasteiger partial charge >= 0.3 is 0 Å². The third kappa shape index (κ3) is 5.98. The van der Waals surface area contributed by atoms with Crippen molar-refractivity contribution in [3.05, 3.63) is 66.4 Å². The fourth-order valence-electron chi connectivity index (χ4n) is 5.92. The topological polar surface area (TPSA) is 86.8 Å². The fourth-order valence-corrected chi connectivity index (χ4v) is 5.92. The Morgan fingerprint density at radius 1 is 0.975 bits per heavy atom. The monoisotopic (exact) mass is 544 g/mol. The van der Waals surface area contributed by atoms with Crippen molar-refractivity contribution >= 4 is 28.2 Å². The van der Waals surface area contributed by atoms with E-state index in [0.29, 0.717) is 30.6 Å². The molecule has 6 rings (SSSR count). The Bertz CT molecular complexity index is 1480. The molecule has 7 nitrogen and oxygen atoms in total.